The molecule has 1 aliphatic carbocycles. The van der Waals surface area contributed by atoms with E-state index >= 15 is 0 Å². The summed E-state index contributed by atoms with van der Waals surface area (Å²) in [5, 5.41) is 0. The normalized spacial score (nSPS) is 14.6. The van der Waals surface area contributed by atoms with Gasteiger partial charge in [-0.25, -0.2) is 8.42 Å². The Balaban J connectivity index is 1.81. The number of rotatable bonds is 4. The van der Waals surface area contributed by atoms with Gasteiger partial charge in [-0.3, -0.25) is 4.72 Å². The highest BCUT2D eigenvalue weighted by atomic mass is 32.2. The number of sulfonamides is 1. The van der Waals surface area contributed by atoms with Crippen molar-refractivity contribution in [2.75, 3.05) is 18.1 Å². The molecule has 0 radical (unpaired) electrons. The summed E-state index contributed by atoms with van der Waals surface area (Å²) < 4.78 is 30.8. The fourth-order valence-electron chi connectivity index (χ4n) is 3.77. The predicted octanol–water partition coefficient (Wildman–Crippen LogP) is 4.75. The molecule has 0 unspecified atom stereocenters. The molecule has 29 heavy (non-hydrogen) atoms. The Hall–Kier alpha value is -3.05. The zero-order valence-electron chi connectivity index (χ0n) is 16.5. The van der Waals surface area contributed by atoms with Crippen molar-refractivity contribution in [3.63, 3.8) is 0 Å². The van der Waals surface area contributed by atoms with Gasteiger partial charge < -0.3 is 4.74 Å². The first kappa shape index (κ1) is 19.3. The first-order valence-corrected chi connectivity index (χ1v) is 11.4. The average Bonchev–Trinajstić information content (AvgIpc) is 2.85. The van der Waals surface area contributed by atoms with E-state index < -0.39 is 10.0 Å². The number of methoxy groups -OCH3 is 1. The van der Waals surface area contributed by atoms with Crippen LogP contribution in [0.4, 0.5) is 5.69 Å². The molecule has 3 aromatic carbocycles. The van der Waals surface area contributed by atoms with Gasteiger partial charge in [-0.1, -0.05) is 42.5 Å². The third-order valence-electron chi connectivity index (χ3n) is 5.10. The van der Waals surface area contributed by atoms with Crippen LogP contribution >= 0.6 is 0 Å². The molecular weight excluding hydrogens is 382 g/mol. The maximum Gasteiger partial charge on any atom is 0.229 e. The fourth-order valence-corrected chi connectivity index (χ4v) is 4.33. The van der Waals surface area contributed by atoms with Gasteiger partial charge in [-0.05, 0) is 76.6 Å². The van der Waals surface area contributed by atoms with Crippen molar-refractivity contribution in [3.8, 4) is 5.75 Å². The van der Waals surface area contributed by atoms with Crippen LogP contribution in [0.1, 0.15) is 27.8 Å². The van der Waals surface area contributed by atoms with Gasteiger partial charge in [0.05, 0.1) is 13.4 Å². The lowest BCUT2D eigenvalue weighted by Gasteiger charge is -2.13. The molecule has 0 bridgehead atoms. The van der Waals surface area contributed by atoms with Crippen molar-refractivity contribution < 1.29 is 13.2 Å². The van der Waals surface area contributed by atoms with Crippen LogP contribution in [0.2, 0.25) is 0 Å². The van der Waals surface area contributed by atoms with Gasteiger partial charge >= 0.3 is 0 Å². The molecule has 0 saturated carbocycles. The van der Waals surface area contributed by atoms with Gasteiger partial charge in [-0.2, -0.15) is 0 Å². The van der Waals surface area contributed by atoms with Crippen molar-refractivity contribution in [2.45, 2.75) is 12.8 Å². The van der Waals surface area contributed by atoms with Crippen LogP contribution in [-0.2, 0) is 22.9 Å². The maximum atomic E-state index is 11.4. The number of aryl methyl sites for hydroxylation is 2. The molecule has 0 aliphatic heterocycles. The predicted molar refractivity (Wildman–Crippen MR) is 119 cm³/mol. The van der Waals surface area contributed by atoms with Crippen molar-refractivity contribution in [1.29, 1.82) is 0 Å². The summed E-state index contributed by atoms with van der Waals surface area (Å²) in [5.41, 5.74) is 7.76. The Morgan fingerprint density at radius 1 is 0.897 bits per heavy atom. The van der Waals surface area contributed by atoms with Gasteiger partial charge in [0.15, 0.2) is 0 Å². The van der Waals surface area contributed by atoms with Gasteiger partial charge in [-0.15, -0.1) is 0 Å². The van der Waals surface area contributed by atoms with Crippen molar-refractivity contribution in [3.05, 3.63) is 94.5 Å². The van der Waals surface area contributed by atoms with Gasteiger partial charge in [0.2, 0.25) is 10.0 Å². The minimum absolute atomic E-state index is 0.557. The quantitative estimate of drug-likeness (QED) is 0.681. The van der Waals surface area contributed by atoms with Crippen LogP contribution in [0.5, 0.6) is 5.75 Å². The highest BCUT2D eigenvalue weighted by Crippen LogP contribution is 2.36. The van der Waals surface area contributed by atoms with Crippen LogP contribution in [0, 0.1) is 0 Å². The van der Waals surface area contributed by atoms with E-state index in [1.807, 2.05) is 18.2 Å². The SMILES string of the molecule is COc1ccc2c(c1)CCc1ccccc1C2=Cc1ccc(NS(C)(=O)=O)cc1. The molecule has 1 aliphatic rings. The van der Waals surface area contributed by atoms with E-state index in [4.69, 9.17) is 4.74 Å². The molecule has 1 N–H and O–H groups in total. The van der Waals surface area contributed by atoms with Gasteiger partial charge in [0, 0.05) is 5.69 Å². The first-order valence-electron chi connectivity index (χ1n) is 9.48. The van der Waals surface area contributed by atoms with E-state index in [2.05, 4.69) is 47.2 Å². The molecule has 0 amide bonds. The summed E-state index contributed by atoms with van der Waals surface area (Å²) in [6, 6.07) is 22.2. The summed E-state index contributed by atoms with van der Waals surface area (Å²) in [6.07, 6.45) is 5.25. The molecule has 4 nitrogen and oxygen atoms in total. The van der Waals surface area contributed by atoms with E-state index in [-0.39, 0.29) is 0 Å². The van der Waals surface area contributed by atoms with Crippen LogP contribution < -0.4 is 9.46 Å². The summed E-state index contributed by atoms with van der Waals surface area (Å²) in [4.78, 5) is 0. The van der Waals surface area contributed by atoms with E-state index in [1.54, 1.807) is 19.2 Å². The van der Waals surface area contributed by atoms with Crippen molar-refractivity contribution in [1.82, 2.24) is 0 Å². The molecule has 5 heteroatoms. The Bertz CT molecular complexity index is 1180. The Labute approximate surface area is 171 Å². The lowest BCUT2D eigenvalue weighted by atomic mass is 9.92. The molecule has 0 atom stereocenters. The first-order chi connectivity index (χ1) is 13.9. The lowest BCUT2D eigenvalue weighted by Crippen LogP contribution is -2.09. The number of hydrogen-bond acceptors (Lipinski definition) is 3. The summed E-state index contributed by atoms with van der Waals surface area (Å²) >= 11 is 0. The number of hydrogen-bond donors (Lipinski definition) is 1. The Morgan fingerprint density at radius 2 is 1.59 bits per heavy atom. The Kier molecular flexibility index (Phi) is 5.16. The third kappa shape index (κ3) is 4.35. The molecule has 0 spiro atoms. The topological polar surface area (TPSA) is 55.4 Å². The minimum atomic E-state index is -3.29. The molecule has 0 fully saturated rings. The van der Waals surface area contributed by atoms with Crippen LogP contribution in [0.3, 0.4) is 0 Å². The van der Waals surface area contributed by atoms with Crippen molar-refractivity contribution >= 4 is 27.4 Å². The van der Waals surface area contributed by atoms with Crippen LogP contribution in [0.25, 0.3) is 11.6 Å². The smallest absolute Gasteiger partial charge is 0.229 e. The monoisotopic (exact) mass is 405 g/mol. The van der Waals surface area contributed by atoms with E-state index in [0.29, 0.717) is 5.69 Å². The second-order valence-corrected chi connectivity index (χ2v) is 8.98. The molecule has 0 aromatic heterocycles. The summed E-state index contributed by atoms with van der Waals surface area (Å²) in [5.74, 6) is 0.866. The summed E-state index contributed by atoms with van der Waals surface area (Å²) in [7, 11) is -1.60. The zero-order chi connectivity index (χ0) is 20.4. The van der Waals surface area contributed by atoms with E-state index in [0.717, 1.165) is 30.4 Å². The third-order valence-corrected chi connectivity index (χ3v) is 5.71. The highest BCUT2D eigenvalue weighted by molar-refractivity contribution is 7.92. The van der Waals surface area contributed by atoms with Gasteiger partial charge in [0.1, 0.15) is 5.75 Å². The minimum Gasteiger partial charge on any atom is -0.497 e. The molecule has 4 rings (SSSR count). The molecule has 148 valence electrons. The van der Waals surface area contributed by atoms with Gasteiger partial charge in [0.25, 0.3) is 0 Å². The fraction of sp³-hybridized carbons (Fsp3) is 0.167. The standard InChI is InChI=1S/C24H23NO3S/c1-28-21-13-14-23-19(16-21)10-9-18-5-3-4-6-22(18)24(23)15-17-7-11-20(12-8-17)25-29(2,26)27/h3-8,11-16,25H,9-10H2,1-2H3. The van der Waals surface area contributed by atoms with E-state index in [1.165, 1.54) is 27.8 Å². The zero-order valence-corrected chi connectivity index (χ0v) is 17.3. The number of benzene rings is 3. The number of nitrogens with one attached hydrogen (secondary N) is 1. The second kappa shape index (κ2) is 7.76. The van der Waals surface area contributed by atoms with Crippen LogP contribution in [0.15, 0.2) is 66.7 Å². The number of anilines is 1. The maximum absolute atomic E-state index is 11.4. The number of ether oxygens (including phenoxy) is 1. The average molecular weight is 406 g/mol. The number of fused-ring (bicyclic) bond motifs is 2. The largest absolute Gasteiger partial charge is 0.497 e. The molecule has 0 heterocycles. The Morgan fingerprint density at radius 3 is 2.31 bits per heavy atom. The molecular formula is C24H23NO3S. The highest BCUT2D eigenvalue weighted by Gasteiger charge is 2.18. The molecule has 3 aromatic rings. The summed E-state index contributed by atoms with van der Waals surface area (Å²) in [6.45, 7) is 0. The second-order valence-electron chi connectivity index (χ2n) is 7.23. The van der Waals surface area contributed by atoms with Crippen molar-refractivity contribution in [2.24, 2.45) is 0 Å². The van der Waals surface area contributed by atoms with E-state index in [9.17, 15) is 8.42 Å². The van der Waals surface area contributed by atoms with Crippen LogP contribution in [-0.4, -0.2) is 21.8 Å². The lowest BCUT2D eigenvalue weighted by molar-refractivity contribution is 0.414. The molecule has 0 saturated heterocycles.